The van der Waals surface area contributed by atoms with Gasteiger partial charge in [0.05, 0.1) is 30.0 Å². The molecule has 1 atom stereocenters. The molecule has 3 aliphatic heterocycles. The van der Waals surface area contributed by atoms with Crippen molar-refractivity contribution in [2.24, 2.45) is 5.16 Å². The number of furan rings is 1. The lowest BCUT2D eigenvalue weighted by Crippen LogP contribution is -2.60. The van der Waals surface area contributed by atoms with E-state index >= 15 is 0 Å². The van der Waals surface area contributed by atoms with Gasteiger partial charge in [0.1, 0.15) is 11.5 Å². The van der Waals surface area contributed by atoms with Gasteiger partial charge in [-0.3, -0.25) is 9.59 Å². The molecule has 0 radical (unpaired) electrons. The van der Waals surface area contributed by atoms with E-state index in [9.17, 15) is 9.59 Å². The highest BCUT2D eigenvalue weighted by molar-refractivity contribution is 5.95. The molecule has 1 unspecified atom stereocenters. The van der Waals surface area contributed by atoms with Crippen LogP contribution < -0.4 is 0 Å². The number of nitrogens with zero attached hydrogens (tertiary/aromatic N) is 3. The Bertz CT molecular complexity index is 852. The number of amides is 2. The van der Waals surface area contributed by atoms with Crippen LogP contribution in [0.5, 0.6) is 0 Å². The lowest BCUT2D eigenvalue weighted by Gasteiger charge is -2.47. The van der Waals surface area contributed by atoms with Crippen molar-refractivity contribution in [2.45, 2.75) is 58.2 Å². The lowest BCUT2D eigenvalue weighted by atomic mass is 9.87. The van der Waals surface area contributed by atoms with Crippen molar-refractivity contribution in [2.75, 3.05) is 32.8 Å². The zero-order valence-electron chi connectivity index (χ0n) is 17.6. The lowest BCUT2D eigenvalue weighted by molar-refractivity contribution is -0.163. The molecule has 0 aliphatic carbocycles. The highest BCUT2D eigenvalue weighted by Gasteiger charge is 2.47. The third-order valence-electron chi connectivity index (χ3n) is 6.22. The van der Waals surface area contributed by atoms with Crippen LogP contribution in [0.15, 0.2) is 15.6 Å². The molecule has 2 fully saturated rings. The van der Waals surface area contributed by atoms with Crippen molar-refractivity contribution in [3.63, 3.8) is 0 Å². The number of aryl methyl sites for hydroxylation is 2. The molecule has 1 aromatic heterocycles. The van der Waals surface area contributed by atoms with E-state index < -0.39 is 11.2 Å². The number of carbonyl (C=O) groups is 2. The summed E-state index contributed by atoms with van der Waals surface area (Å²) in [6, 6.07) is 1.80. The summed E-state index contributed by atoms with van der Waals surface area (Å²) in [5.74, 6) is 1.35. The van der Waals surface area contributed by atoms with Gasteiger partial charge in [-0.2, -0.15) is 0 Å². The summed E-state index contributed by atoms with van der Waals surface area (Å²) in [7, 11) is 0. The quantitative estimate of drug-likeness (QED) is 0.756. The Morgan fingerprint density at radius 2 is 1.83 bits per heavy atom. The van der Waals surface area contributed by atoms with Crippen LogP contribution in [0.3, 0.4) is 0 Å². The second kappa shape index (κ2) is 7.16. The van der Waals surface area contributed by atoms with Crippen LogP contribution in [0.25, 0.3) is 0 Å². The van der Waals surface area contributed by atoms with Crippen LogP contribution in [0.2, 0.25) is 0 Å². The first-order valence-electron chi connectivity index (χ1n) is 10.2. The van der Waals surface area contributed by atoms with Gasteiger partial charge in [0.25, 0.3) is 11.8 Å². The number of ether oxygens (including phenoxy) is 1. The van der Waals surface area contributed by atoms with Crippen LogP contribution in [0.1, 0.15) is 55.0 Å². The first-order valence-corrected chi connectivity index (χ1v) is 10.2. The number of oxime groups is 1. The molecule has 0 bridgehead atoms. The van der Waals surface area contributed by atoms with Gasteiger partial charge in [0.2, 0.25) is 5.60 Å². The van der Waals surface area contributed by atoms with E-state index in [1.54, 1.807) is 13.0 Å². The number of likely N-dealkylation sites (tertiary alicyclic amines) is 1. The predicted molar refractivity (Wildman–Crippen MR) is 106 cm³/mol. The summed E-state index contributed by atoms with van der Waals surface area (Å²) in [5, 5.41) is 3.95. The normalized spacial score (nSPS) is 26.4. The van der Waals surface area contributed by atoms with Gasteiger partial charge in [-0.05, 0) is 46.6 Å². The van der Waals surface area contributed by atoms with Crippen LogP contribution in [0.4, 0.5) is 0 Å². The zero-order chi connectivity index (χ0) is 20.8. The van der Waals surface area contributed by atoms with Gasteiger partial charge >= 0.3 is 0 Å². The smallest absolute Gasteiger partial charge is 0.269 e. The minimum Gasteiger partial charge on any atom is -0.466 e. The Labute approximate surface area is 170 Å². The summed E-state index contributed by atoms with van der Waals surface area (Å²) in [4.78, 5) is 35.1. The third kappa shape index (κ3) is 3.66. The monoisotopic (exact) mass is 403 g/mol. The Morgan fingerprint density at radius 1 is 1.10 bits per heavy atom. The number of morpholine rings is 1. The summed E-state index contributed by atoms with van der Waals surface area (Å²) >= 11 is 0. The van der Waals surface area contributed by atoms with Gasteiger partial charge in [0, 0.05) is 26.1 Å². The molecule has 3 aliphatic rings. The van der Waals surface area contributed by atoms with Gasteiger partial charge in [0.15, 0.2) is 0 Å². The third-order valence-corrected chi connectivity index (χ3v) is 6.22. The average Bonchev–Trinajstić information content (AvgIpc) is 3.22. The van der Waals surface area contributed by atoms with Crippen molar-refractivity contribution in [1.29, 1.82) is 0 Å². The van der Waals surface area contributed by atoms with E-state index in [0.717, 1.165) is 11.5 Å². The Hall–Kier alpha value is -2.35. The SMILES string of the molecule is CC1=NOC(C)(C(=O)N2CCC3(CC2)CN(C(=O)c2cc(C)oc2C)CCO3)C1. The van der Waals surface area contributed by atoms with Gasteiger partial charge in [-0.1, -0.05) is 5.16 Å². The fraction of sp³-hybridized carbons (Fsp3) is 0.667. The largest absolute Gasteiger partial charge is 0.466 e. The van der Waals surface area contributed by atoms with Crippen molar-refractivity contribution < 1.29 is 23.6 Å². The summed E-state index contributed by atoms with van der Waals surface area (Å²) in [6.45, 7) is 10.1. The minimum absolute atomic E-state index is 0.0139. The van der Waals surface area contributed by atoms with E-state index in [0.29, 0.717) is 63.4 Å². The first kappa shape index (κ1) is 19.9. The van der Waals surface area contributed by atoms with Crippen LogP contribution in [-0.2, 0) is 14.4 Å². The summed E-state index contributed by atoms with van der Waals surface area (Å²) in [5.41, 5.74) is 0.153. The van der Waals surface area contributed by atoms with Crippen molar-refractivity contribution in [1.82, 2.24) is 9.80 Å². The Kier molecular flexibility index (Phi) is 4.93. The van der Waals surface area contributed by atoms with E-state index in [4.69, 9.17) is 14.0 Å². The minimum atomic E-state index is -0.902. The zero-order valence-corrected chi connectivity index (χ0v) is 17.6. The average molecular weight is 403 g/mol. The fourth-order valence-electron chi connectivity index (χ4n) is 4.63. The first-order chi connectivity index (χ1) is 13.7. The molecule has 1 spiro atoms. The molecule has 2 amide bonds. The van der Waals surface area contributed by atoms with Crippen molar-refractivity contribution in [3.05, 3.63) is 23.2 Å². The maximum atomic E-state index is 13.0. The van der Waals surface area contributed by atoms with Crippen LogP contribution in [0, 0.1) is 13.8 Å². The fourth-order valence-corrected chi connectivity index (χ4v) is 4.63. The van der Waals surface area contributed by atoms with Gasteiger partial charge in [-0.15, -0.1) is 0 Å². The van der Waals surface area contributed by atoms with E-state index in [1.165, 1.54) is 0 Å². The molecule has 8 heteroatoms. The molecule has 29 heavy (non-hydrogen) atoms. The second-order valence-electron chi connectivity index (χ2n) is 8.70. The molecule has 0 saturated carbocycles. The standard InChI is InChI=1S/C21H29N3O5/c1-14-12-20(4,29-22-14)19(26)23-7-5-21(6-8-23)13-24(9-10-27-21)18(25)17-11-15(2)28-16(17)3/h11H,5-10,12-13H2,1-4H3. The van der Waals surface area contributed by atoms with E-state index in [1.807, 2.05) is 30.6 Å². The highest BCUT2D eigenvalue weighted by Crippen LogP contribution is 2.34. The van der Waals surface area contributed by atoms with E-state index in [-0.39, 0.29) is 11.8 Å². The number of hydrogen-bond donors (Lipinski definition) is 0. The van der Waals surface area contributed by atoms with Gasteiger partial charge in [-0.25, -0.2) is 0 Å². The molecule has 2 saturated heterocycles. The highest BCUT2D eigenvalue weighted by atomic mass is 16.7. The van der Waals surface area contributed by atoms with Crippen LogP contribution in [-0.4, -0.2) is 71.3 Å². The van der Waals surface area contributed by atoms with Crippen molar-refractivity contribution in [3.8, 4) is 0 Å². The number of rotatable bonds is 2. The molecule has 8 nitrogen and oxygen atoms in total. The molecule has 0 N–H and O–H groups in total. The van der Waals surface area contributed by atoms with Gasteiger partial charge < -0.3 is 23.8 Å². The maximum Gasteiger partial charge on any atom is 0.269 e. The topological polar surface area (TPSA) is 84.6 Å². The van der Waals surface area contributed by atoms with Crippen LogP contribution >= 0.6 is 0 Å². The second-order valence-corrected chi connectivity index (χ2v) is 8.70. The molecule has 0 aromatic carbocycles. The number of hydrogen-bond acceptors (Lipinski definition) is 6. The summed E-state index contributed by atoms with van der Waals surface area (Å²) in [6.07, 6.45) is 1.92. The number of piperidine rings is 1. The predicted octanol–water partition coefficient (Wildman–Crippen LogP) is 2.28. The van der Waals surface area contributed by atoms with Crippen molar-refractivity contribution >= 4 is 17.5 Å². The molecule has 4 heterocycles. The molecular weight excluding hydrogens is 374 g/mol. The maximum absolute atomic E-state index is 13.0. The number of carbonyl (C=O) groups excluding carboxylic acids is 2. The Balaban J connectivity index is 1.40. The summed E-state index contributed by atoms with van der Waals surface area (Å²) < 4.78 is 11.7. The van der Waals surface area contributed by atoms with E-state index in [2.05, 4.69) is 5.16 Å². The molecule has 158 valence electrons. The molecule has 1 aromatic rings. The Morgan fingerprint density at radius 3 is 2.41 bits per heavy atom. The molecular formula is C21H29N3O5. The molecule has 4 rings (SSSR count).